The molecule has 140 valence electrons. The molecule has 2 heterocycles. The van der Waals surface area contributed by atoms with Crippen LogP contribution in [0.15, 0.2) is 24.5 Å². The molecule has 26 heavy (non-hydrogen) atoms. The number of aromatic nitrogens is 3. The summed E-state index contributed by atoms with van der Waals surface area (Å²) in [7, 11) is 2.06. The number of hydrogen-bond donors (Lipinski definition) is 0. The van der Waals surface area contributed by atoms with Gasteiger partial charge in [0.15, 0.2) is 5.82 Å². The van der Waals surface area contributed by atoms with Crippen molar-refractivity contribution >= 4 is 0 Å². The van der Waals surface area contributed by atoms with Gasteiger partial charge in [-0.3, -0.25) is 9.47 Å². The molecule has 0 radical (unpaired) electrons. The van der Waals surface area contributed by atoms with E-state index in [9.17, 15) is 0 Å². The molecule has 0 N–H and O–H groups in total. The number of hydrogen-bond acceptors (Lipinski definition) is 4. The van der Waals surface area contributed by atoms with Gasteiger partial charge in [-0.05, 0) is 69.8 Å². The Morgan fingerprint density at radius 1 is 1.23 bits per heavy atom. The third-order valence-corrected chi connectivity index (χ3v) is 5.52. The fourth-order valence-electron chi connectivity index (χ4n) is 4.24. The predicted octanol–water partition coefficient (Wildman–Crippen LogP) is 3.75. The monoisotopic (exact) mass is 358 g/mol. The van der Waals surface area contributed by atoms with Crippen LogP contribution in [-0.2, 0) is 23.5 Å². The minimum atomic E-state index is -1.26. The van der Waals surface area contributed by atoms with Crippen LogP contribution in [0.2, 0.25) is 0 Å². The van der Waals surface area contributed by atoms with Crippen molar-refractivity contribution in [1.82, 2.24) is 19.7 Å². The average molecular weight is 358 g/mol. The highest BCUT2D eigenvalue weighted by atomic mass is 19.1. The van der Waals surface area contributed by atoms with Crippen LogP contribution in [0.5, 0.6) is 0 Å². The molecule has 0 spiro atoms. The van der Waals surface area contributed by atoms with E-state index in [1.165, 1.54) is 0 Å². The van der Waals surface area contributed by atoms with Crippen LogP contribution < -0.4 is 0 Å². The Hall–Kier alpha value is -1.79. The van der Waals surface area contributed by atoms with Crippen LogP contribution in [-0.4, -0.2) is 38.9 Å². The number of alkyl halides is 1. The number of benzene rings is 1. The summed E-state index contributed by atoms with van der Waals surface area (Å²) in [5, 5.41) is 8.24. The van der Waals surface area contributed by atoms with Gasteiger partial charge in [-0.2, -0.15) is 0 Å². The number of ether oxygens (including phenoxy) is 1. The van der Waals surface area contributed by atoms with Crippen molar-refractivity contribution in [3.63, 3.8) is 0 Å². The first-order chi connectivity index (χ1) is 12.4. The van der Waals surface area contributed by atoms with Gasteiger partial charge in [0, 0.05) is 6.54 Å². The second-order valence-electron chi connectivity index (χ2n) is 7.98. The van der Waals surface area contributed by atoms with E-state index in [0.29, 0.717) is 12.8 Å². The Morgan fingerprint density at radius 3 is 2.73 bits per heavy atom. The molecule has 0 saturated heterocycles. The van der Waals surface area contributed by atoms with Crippen molar-refractivity contribution in [3.8, 4) is 5.69 Å². The molecule has 1 aliphatic heterocycles. The van der Waals surface area contributed by atoms with Crippen molar-refractivity contribution in [2.45, 2.75) is 70.5 Å². The van der Waals surface area contributed by atoms with Crippen LogP contribution in [0.1, 0.15) is 56.5 Å². The minimum absolute atomic E-state index is 0.186. The van der Waals surface area contributed by atoms with E-state index >= 15 is 4.39 Å². The second-order valence-corrected chi connectivity index (χ2v) is 7.98. The van der Waals surface area contributed by atoms with Gasteiger partial charge in [-0.25, -0.2) is 4.39 Å². The van der Waals surface area contributed by atoms with Gasteiger partial charge < -0.3 is 4.74 Å². The van der Waals surface area contributed by atoms with Crippen LogP contribution in [0.4, 0.5) is 4.39 Å². The summed E-state index contributed by atoms with van der Waals surface area (Å²) in [6.45, 7) is 5.60. The van der Waals surface area contributed by atoms with Crippen LogP contribution in [0.3, 0.4) is 0 Å². The zero-order valence-corrected chi connectivity index (χ0v) is 15.8. The number of halogens is 1. The zero-order chi connectivity index (χ0) is 18.3. The summed E-state index contributed by atoms with van der Waals surface area (Å²) in [5.41, 5.74) is 1.72. The largest absolute Gasteiger partial charge is 0.376 e. The van der Waals surface area contributed by atoms with Crippen molar-refractivity contribution < 1.29 is 9.13 Å². The smallest absolute Gasteiger partial charge is 0.151 e. The average Bonchev–Trinajstić information content (AvgIpc) is 2.99. The quantitative estimate of drug-likeness (QED) is 0.838. The molecule has 1 aromatic carbocycles. The molecule has 1 aliphatic carbocycles. The first-order valence-electron chi connectivity index (χ1n) is 9.50. The third kappa shape index (κ3) is 3.28. The molecule has 2 aromatic rings. The molecule has 0 unspecified atom stereocenters. The van der Waals surface area contributed by atoms with Crippen molar-refractivity contribution in [3.05, 3.63) is 41.5 Å². The van der Waals surface area contributed by atoms with Crippen molar-refractivity contribution in [2.75, 3.05) is 7.05 Å². The maximum atomic E-state index is 15.7. The fraction of sp³-hybridized carbons (Fsp3) is 0.600. The Morgan fingerprint density at radius 2 is 2.00 bits per heavy atom. The predicted molar refractivity (Wildman–Crippen MR) is 97.8 cm³/mol. The highest BCUT2D eigenvalue weighted by molar-refractivity contribution is 5.46. The van der Waals surface area contributed by atoms with Gasteiger partial charge in [0.2, 0.25) is 0 Å². The second kappa shape index (κ2) is 6.74. The molecule has 0 bridgehead atoms. The van der Waals surface area contributed by atoms with Gasteiger partial charge in [0.25, 0.3) is 0 Å². The lowest BCUT2D eigenvalue weighted by molar-refractivity contribution is -0.0450. The lowest BCUT2D eigenvalue weighted by atomic mass is 9.79. The molecule has 0 atom stereocenters. The number of nitrogens with zero attached hydrogens (tertiary/aromatic N) is 4. The first-order valence-corrected chi connectivity index (χ1v) is 9.50. The van der Waals surface area contributed by atoms with Gasteiger partial charge in [-0.1, -0.05) is 6.07 Å². The summed E-state index contributed by atoms with van der Waals surface area (Å²) in [6.07, 6.45) is 4.74. The van der Waals surface area contributed by atoms with Gasteiger partial charge >= 0.3 is 0 Å². The Balaban J connectivity index is 1.60. The van der Waals surface area contributed by atoms with Crippen molar-refractivity contribution in [2.24, 2.45) is 0 Å². The van der Waals surface area contributed by atoms with Crippen LogP contribution in [0.25, 0.3) is 5.69 Å². The summed E-state index contributed by atoms with van der Waals surface area (Å²) in [5.74, 6) is 0.917. The highest BCUT2D eigenvalue weighted by Crippen LogP contribution is 2.42. The van der Waals surface area contributed by atoms with Gasteiger partial charge in [-0.15, -0.1) is 10.2 Å². The maximum Gasteiger partial charge on any atom is 0.151 e. The van der Waals surface area contributed by atoms with E-state index in [1.54, 1.807) is 6.33 Å². The zero-order valence-electron chi connectivity index (χ0n) is 15.8. The first kappa shape index (κ1) is 17.6. The van der Waals surface area contributed by atoms with E-state index in [-0.39, 0.29) is 12.2 Å². The lowest BCUT2D eigenvalue weighted by Crippen LogP contribution is -2.32. The van der Waals surface area contributed by atoms with Gasteiger partial charge in [0.05, 0.1) is 24.4 Å². The van der Waals surface area contributed by atoms with Crippen LogP contribution >= 0.6 is 0 Å². The molecule has 1 saturated carbocycles. The molecular formula is C20H27FN4O. The third-order valence-electron chi connectivity index (χ3n) is 5.52. The lowest BCUT2D eigenvalue weighted by Gasteiger charge is -2.35. The Bertz CT molecular complexity index is 780. The van der Waals surface area contributed by atoms with E-state index < -0.39 is 5.67 Å². The van der Waals surface area contributed by atoms with Crippen molar-refractivity contribution in [1.29, 1.82) is 0 Å². The van der Waals surface area contributed by atoms with E-state index in [1.807, 2.05) is 36.6 Å². The SMILES string of the molecule is CC(C)OC1CCC(F)(c2ccc3c(c2)CN(C)Cc2nncn2-3)CC1. The molecule has 4 rings (SSSR count). The highest BCUT2D eigenvalue weighted by Gasteiger charge is 2.38. The van der Waals surface area contributed by atoms with E-state index in [2.05, 4.69) is 22.1 Å². The molecule has 6 heteroatoms. The number of fused-ring (bicyclic) bond motifs is 3. The van der Waals surface area contributed by atoms with E-state index in [4.69, 9.17) is 4.74 Å². The van der Waals surface area contributed by atoms with E-state index in [0.717, 1.165) is 48.6 Å². The standard InChI is InChI=1S/C20H27FN4O/c1-14(2)26-17-6-8-20(21,9-7-17)16-4-5-18-15(10-16)11-24(3)12-19-23-22-13-25(18)19/h4-5,10,13-14,17H,6-9,11-12H2,1-3H3. The summed E-state index contributed by atoms with van der Waals surface area (Å²) in [4.78, 5) is 2.19. The molecular weight excluding hydrogens is 331 g/mol. The Kier molecular flexibility index (Phi) is 4.57. The van der Waals surface area contributed by atoms with Gasteiger partial charge in [0.1, 0.15) is 12.0 Å². The summed E-state index contributed by atoms with van der Waals surface area (Å²) in [6, 6.07) is 6.01. The maximum absolute atomic E-state index is 15.7. The summed E-state index contributed by atoms with van der Waals surface area (Å²) < 4.78 is 23.6. The summed E-state index contributed by atoms with van der Waals surface area (Å²) >= 11 is 0. The minimum Gasteiger partial charge on any atom is -0.376 e. The number of rotatable bonds is 3. The molecule has 1 fully saturated rings. The fourth-order valence-corrected chi connectivity index (χ4v) is 4.24. The molecule has 5 nitrogen and oxygen atoms in total. The molecule has 0 amide bonds. The normalized spacial score (nSPS) is 26.4. The van der Waals surface area contributed by atoms with Crippen LogP contribution in [0, 0.1) is 0 Å². The Labute approximate surface area is 154 Å². The molecule has 2 aliphatic rings. The topological polar surface area (TPSA) is 43.2 Å². The molecule has 1 aromatic heterocycles.